The fourth-order valence-corrected chi connectivity index (χ4v) is 4.92. The first-order chi connectivity index (χ1) is 13.8. The van der Waals surface area contributed by atoms with Crippen molar-refractivity contribution < 1.29 is 17.9 Å². The molecule has 0 saturated carbocycles. The highest BCUT2D eigenvalue weighted by Crippen LogP contribution is 2.29. The molecule has 6 nitrogen and oxygen atoms in total. The van der Waals surface area contributed by atoms with Gasteiger partial charge >= 0.3 is 0 Å². The van der Waals surface area contributed by atoms with Crippen LogP contribution in [0.3, 0.4) is 0 Å². The molecule has 1 amide bonds. The Balaban J connectivity index is 1.68. The van der Waals surface area contributed by atoms with Crippen LogP contribution in [-0.2, 0) is 21.2 Å². The third kappa shape index (κ3) is 4.79. The maximum atomic E-state index is 12.9. The Morgan fingerprint density at radius 2 is 2.00 bits per heavy atom. The Labute approximate surface area is 172 Å². The predicted molar refractivity (Wildman–Crippen MR) is 112 cm³/mol. The molecule has 0 aliphatic heterocycles. The summed E-state index contributed by atoms with van der Waals surface area (Å²) < 4.78 is 32.3. The summed E-state index contributed by atoms with van der Waals surface area (Å²) in [6.07, 6.45) is 2.87. The third-order valence-corrected chi connectivity index (χ3v) is 7.02. The number of carbonyl (C=O) groups is 1. The van der Waals surface area contributed by atoms with E-state index in [0.717, 1.165) is 34.7 Å². The first-order valence-electron chi connectivity index (χ1n) is 9.90. The lowest BCUT2D eigenvalue weighted by atomic mass is 9.88. The number of rotatable bonds is 7. The molecule has 2 aromatic carbocycles. The minimum atomic E-state index is -3.77. The topological polar surface area (TPSA) is 75.7 Å². The van der Waals surface area contributed by atoms with Gasteiger partial charge in [-0.25, -0.2) is 8.42 Å². The smallest absolute Gasteiger partial charge is 0.243 e. The van der Waals surface area contributed by atoms with Gasteiger partial charge in [0, 0.05) is 7.05 Å². The summed E-state index contributed by atoms with van der Waals surface area (Å²) in [6.45, 7) is 3.96. The molecular weight excluding hydrogens is 388 g/mol. The Hall–Kier alpha value is -2.38. The van der Waals surface area contributed by atoms with Crippen molar-refractivity contribution >= 4 is 15.9 Å². The molecule has 0 fully saturated rings. The number of sulfonamides is 1. The number of likely N-dealkylation sites (N-methyl/N-ethyl adjacent to an activating group) is 1. The van der Waals surface area contributed by atoms with E-state index in [-0.39, 0.29) is 23.4 Å². The van der Waals surface area contributed by atoms with Gasteiger partial charge < -0.3 is 10.1 Å². The van der Waals surface area contributed by atoms with Crippen LogP contribution in [0.25, 0.3) is 0 Å². The van der Waals surface area contributed by atoms with E-state index < -0.39 is 10.0 Å². The summed E-state index contributed by atoms with van der Waals surface area (Å²) in [4.78, 5) is 12.7. The first kappa shape index (κ1) is 21.3. The SMILES string of the molecule is CCOc1ccc(S(=O)(=O)N(C)CC(=O)N[C@H]2CCCc3ccccc32)cc1C. The van der Waals surface area contributed by atoms with Crippen LogP contribution in [0.2, 0.25) is 0 Å². The van der Waals surface area contributed by atoms with Crippen molar-refractivity contribution in [3.8, 4) is 5.75 Å². The predicted octanol–water partition coefficient (Wildman–Crippen LogP) is 3.21. The van der Waals surface area contributed by atoms with E-state index in [1.807, 2.05) is 25.1 Å². The van der Waals surface area contributed by atoms with Crippen molar-refractivity contribution in [3.05, 3.63) is 59.2 Å². The molecule has 1 aliphatic carbocycles. The van der Waals surface area contributed by atoms with Crippen molar-refractivity contribution in [2.45, 2.75) is 44.0 Å². The number of fused-ring (bicyclic) bond motifs is 1. The maximum Gasteiger partial charge on any atom is 0.243 e. The van der Waals surface area contributed by atoms with Crippen LogP contribution in [-0.4, -0.2) is 38.8 Å². The zero-order valence-corrected chi connectivity index (χ0v) is 18.0. The second kappa shape index (κ2) is 8.97. The van der Waals surface area contributed by atoms with Gasteiger partial charge in [0.15, 0.2) is 0 Å². The Morgan fingerprint density at radius 3 is 2.72 bits per heavy atom. The molecule has 0 aromatic heterocycles. The van der Waals surface area contributed by atoms with Crippen molar-refractivity contribution in [2.75, 3.05) is 20.2 Å². The van der Waals surface area contributed by atoms with Crippen LogP contribution in [0.5, 0.6) is 5.75 Å². The van der Waals surface area contributed by atoms with E-state index in [2.05, 4.69) is 11.4 Å². The molecule has 3 rings (SSSR count). The average Bonchev–Trinajstić information content (AvgIpc) is 2.69. The number of nitrogens with zero attached hydrogens (tertiary/aromatic N) is 1. The van der Waals surface area contributed by atoms with E-state index in [4.69, 9.17) is 4.74 Å². The van der Waals surface area contributed by atoms with Crippen molar-refractivity contribution in [1.82, 2.24) is 9.62 Å². The van der Waals surface area contributed by atoms with E-state index in [0.29, 0.717) is 12.4 Å². The Kier molecular flexibility index (Phi) is 6.59. The molecule has 1 aliphatic rings. The molecular formula is C22H28N2O4S. The molecule has 0 unspecified atom stereocenters. The van der Waals surface area contributed by atoms with E-state index in [1.165, 1.54) is 18.7 Å². The van der Waals surface area contributed by atoms with Crippen LogP contribution in [0.15, 0.2) is 47.4 Å². The summed E-state index contributed by atoms with van der Waals surface area (Å²) in [5, 5.41) is 3.00. The monoisotopic (exact) mass is 416 g/mol. The van der Waals surface area contributed by atoms with Crippen LogP contribution >= 0.6 is 0 Å². The van der Waals surface area contributed by atoms with E-state index >= 15 is 0 Å². The lowest BCUT2D eigenvalue weighted by molar-refractivity contribution is -0.122. The van der Waals surface area contributed by atoms with Crippen molar-refractivity contribution in [3.63, 3.8) is 0 Å². The van der Waals surface area contributed by atoms with Crippen LogP contribution < -0.4 is 10.1 Å². The summed E-state index contributed by atoms with van der Waals surface area (Å²) >= 11 is 0. The molecule has 0 bridgehead atoms. The number of carbonyl (C=O) groups excluding carboxylic acids is 1. The standard InChI is InChI=1S/C22H28N2O4S/c1-4-28-21-13-12-18(14-16(21)2)29(26,27)24(3)15-22(25)23-20-11-7-9-17-8-5-6-10-19(17)20/h5-6,8,10,12-14,20H,4,7,9,11,15H2,1-3H3,(H,23,25)/t20-/m0/s1. The number of nitrogens with one attached hydrogen (secondary N) is 1. The quantitative estimate of drug-likeness (QED) is 0.752. The highest BCUT2D eigenvalue weighted by molar-refractivity contribution is 7.89. The third-order valence-electron chi connectivity index (χ3n) is 5.23. The van der Waals surface area contributed by atoms with Gasteiger partial charge in [0.25, 0.3) is 0 Å². The molecule has 0 saturated heterocycles. The zero-order valence-electron chi connectivity index (χ0n) is 17.1. The molecule has 29 heavy (non-hydrogen) atoms. The molecule has 7 heteroatoms. The fraction of sp³-hybridized carbons (Fsp3) is 0.409. The normalized spacial score (nSPS) is 16.3. The average molecular weight is 417 g/mol. The van der Waals surface area contributed by atoms with Gasteiger partial charge in [-0.15, -0.1) is 0 Å². The van der Waals surface area contributed by atoms with Crippen LogP contribution in [0, 0.1) is 6.92 Å². The number of benzene rings is 2. The highest BCUT2D eigenvalue weighted by atomic mass is 32.2. The molecule has 0 radical (unpaired) electrons. The van der Waals surface area contributed by atoms with Gasteiger partial charge in [0.05, 0.1) is 24.1 Å². The Morgan fingerprint density at radius 1 is 1.24 bits per heavy atom. The van der Waals surface area contributed by atoms with Crippen molar-refractivity contribution in [1.29, 1.82) is 0 Å². The van der Waals surface area contributed by atoms with E-state index in [1.54, 1.807) is 19.1 Å². The fourth-order valence-electron chi connectivity index (χ4n) is 3.71. The lowest BCUT2D eigenvalue weighted by Crippen LogP contribution is -2.40. The van der Waals surface area contributed by atoms with Gasteiger partial charge in [0.2, 0.25) is 15.9 Å². The maximum absolute atomic E-state index is 12.9. The second-order valence-electron chi connectivity index (χ2n) is 7.33. The van der Waals surface area contributed by atoms with Gasteiger partial charge in [0.1, 0.15) is 5.75 Å². The minimum absolute atomic E-state index is 0.0729. The Bertz CT molecular complexity index is 988. The first-order valence-corrected chi connectivity index (χ1v) is 11.3. The summed E-state index contributed by atoms with van der Waals surface area (Å²) in [5.74, 6) is 0.350. The van der Waals surface area contributed by atoms with Crippen LogP contribution in [0.1, 0.15) is 42.5 Å². The molecule has 156 valence electrons. The lowest BCUT2D eigenvalue weighted by Gasteiger charge is -2.27. The summed E-state index contributed by atoms with van der Waals surface area (Å²) in [6, 6.07) is 12.7. The summed E-state index contributed by atoms with van der Waals surface area (Å²) in [7, 11) is -2.35. The number of hydrogen-bond acceptors (Lipinski definition) is 4. The number of amides is 1. The summed E-state index contributed by atoms with van der Waals surface area (Å²) in [5.41, 5.74) is 3.11. The van der Waals surface area contributed by atoms with Gasteiger partial charge in [-0.05, 0) is 68.0 Å². The molecule has 0 heterocycles. The van der Waals surface area contributed by atoms with Gasteiger partial charge in [-0.1, -0.05) is 24.3 Å². The second-order valence-corrected chi connectivity index (χ2v) is 9.38. The number of aryl methyl sites for hydroxylation is 2. The zero-order chi connectivity index (χ0) is 21.0. The highest BCUT2D eigenvalue weighted by Gasteiger charge is 2.26. The molecule has 2 aromatic rings. The largest absolute Gasteiger partial charge is 0.494 e. The van der Waals surface area contributed by atoms with Gasteiger partial charge in [-0.2, -0.15) is 4.31 Å². The molecule has 1 N–H and O–H groups in total. The van der Waals surface area contributed by atoms with Crippen LogP contribution in [0.4, 0.5) is 0 Å². The van der Waals surface area contributed by atoms with Gasteiger partial charge in [-0.3, -0.25) is 4.79 Å². The minimum Gasteiger partial charge on any atom is -0.494 e. The number of hydrogen-bond donors (Lipinski definition) is 1. The van der Waals surface area contributed by atoms with E-state index in [9.17, 15) is 13.2 Å². The van der Waals surface area contributed by atoms with Crippen molar-refractivity contribution in [2.24, 2.45) is 0 Å². The molecule has 1 atom stereocenters. The number of ether oxygens (including phenoxy) is 1. The molecule has 0 spiro atoms.